The monoisotopic (exact) mass is 651 g/mol. The Hall–Kier alpha value is -5.49. The molecule has 0 amide bonds. The van der Waals surface area contributed by atoms with Crippen molar-refractivity contribution in [1.82, 2.24) is 20.0 Å². The first-order valence-electron chi connectivity index (χ1n) is 15.4. The van der Waals surface area contributed by atoms with Gasteiger partial charge in [-0.15, -0.1) is 5.10 Å². The van der Waals surface area contributed by atoms with E-state index in [-0.39, 0.29) is 29.5 Å². The number of nitrogens with zero attached hydrogens (tertiary/aromatic N) is 7. The van der Waals surface area contributed by atoms with Gasteiger partial charge < -0.3 is 10.6 Å². The van der Waals surface area contributed by atoms with Crippen molar-refractivity contribution in [3.63, 3.8) is 0 Å². The summed E-state index contributed by atoms with van der Waals surface area (Å²) in [5.41, 5.74) is 3.29. The standard InChI is InChI=1S/C36H36F3N9/c1-7-23(11-14-42-6)27-9-8-10-28(22(27)2)33(30-20-48(47-46-30)35(12-13-35)36(37,38)39)45-26-15-24(17-40)31-29(16-26)32(25(18-41)19-43-31)44-21-34(3,4)5/h7-11,14-16,19-20,33,45H,1,12-13,21H2,2-6H3,(H,43,44)/b23-11+,42-14?/t33-/m0/s1. The fourth-order valence-electron chi connectivity index (χ4n) is 5.66. The molecular formula is C36H36F3N9. The second-order valence-corrected chi connectivity index (χ2v) is 13.1. The number of hydrogen-bond donors (Lipinski definition) is 2. The summed E-state index contributed by atoms with van der Waals surface area (Å²) in [5.74, 6) is 0. The molecule has 1 fully saturated rings. The lowest BCUT2D eigenvalue weighted by molar-refractivity contribution is -0.182. The average Bonchev–Trinajstić information content (AvgIpc) is 3.73. The Morgan fingerprint density at radius 1 is 1.17 bits per heavy atom. The zero-order chi connectivity index (χ0) is 34.9. The molecule has 5 rings (SSSR count). The van der Waals surface area contributed by atoms with Gasteiger partial charge in [-0.25, -0.2) is 4.68 Å². The van der Waals surface area contributed by atoms with E-state index in [0.717, 1.165) is 26.9 Å². The van der Waals surface area contributed by atoms with Crippen LogP contribution in [0.4, 0.5) is 24.5 Å². The first-order chi connectivity index (χ1) is 22.8. The number of nitrogens with one attached hydrogen (secondary N) is 2. The minimum Gasteiger partial charge on any atom is -0.383 e. The molecule has 12 heteroatoms. The van der Waals surface area contributed by atoms with Gasteiger partial charge >= 0.3 is 6.18 Å². The summed E-state index contributed by atoms with van der Waals surface area (Å²) in [5, 5.41) is 35.7. The number of halogens is 3. The van der Waals surface area contributed by atoms with Gasteiger partial charge in [0, 0.05) is 37.1 Å². The smallest absolute Gasteiger partial charge is 0.383 e. The predicted octanol–water partition coefficient (Wildman–Crippen LogP) is 7.86. The van der Waals surface area contributed by atoms with Gasteiger partial charge in [0.05, 0.1) is 34.6 Å². The van der Waals surface area contributed by atoms with Gasteiger partial charge in [0.25, 0.3) is 0 Å². The van der Waals surface area contributed by atoms with Crippen LogP contribution >= 0.6 is 0 Å². The number of fused-ring (bicyclic) bond motifs is 1. The molecule has 0 bridgehead atoms. The van der Waals surface area contributed by atoms with E-state index in [0.29, 0.717) is 34.4 Å². The molecule has 1 saturated carbocycles. The van der Waals surface area contributed by atoms with Crippen LogP contribution < -0.4 is 10.6 Å². The lowest BCUT2D eigenvalue weighted by atomic mass is 9.91. The van der Waals surface area contributed by atoms with Crippen LogP contribution in [0.1, 0.15) is 73.2 Å². The minimum atomic E-state index is -4.48. The Morgan fingerprint density at radius 3 is 2.50 bits per heavy atom. The molecule has 2 heterocycles. The predicted molar refractivity (Wildman–Crippen MR) is 182 cm³/mol. The van der Waals surface area contributed by atoms with E-state index in [1.54, 1.807) is 31.5 Å². The largest absolute Gasteiger partial charge is 0.413 e. The van der Waals surface area contributed by atoms with Gasteiger partial charge in [-0.3, -0.25) is 9.98 Å². The summed E-state index contributed by atoms with van der Waals surface area (Å²) < 4.78 is 43.2. The lowest BCUT2D eigenvalue weighted by Crippen LogP contribution is -2.35. The fraction of sp³-hybridized carbons (Fsp3) is 0.333. The van der Waals surface area contributed by atoms with E-state index in [1.807, 2.05) is 31.2 Å². The van der Waals surface area contributed by atoms with Crippen LogP contribution in [-0.2, 0) is 5.54 Å². The molecule has 0 aliphatic heterocycles. The molecule has 246 valence electrons. The van der Waals surface area contributed by atoms with Gasteiger partial charge in [0.2, 0.25) is 0 Å². The molecule has 48 heavy (non-hydrogen) atoms. The van der Waals surface area contributed by atoms with E-state index in [1.165, 1.54) is 12.4 Å². The molecule has 4 aromatic rings. The van der Waals surface area contributed by atoms with E-state index in [9.17, 15) is 23.7 Å². The third-order valence-electron chi connectivity index (χ3n) is 8.44. The highest BCUT2D eigenvalue weighted by atomic mass is 19.4. The summed E-state index contributed by atoms with van der Waals surface area (Å²) in [6, 6.07) is 12.7. The highest BCUT2D eigenvalue weighted by Crippen LogP contribution is 2.55. The zero-order valence-corrected chi connectivity index (χ0v) is 27.4. The van der Waals surface area contributed by atoms with Crippen LogP contribution in [0.3, 0.4) is 0 Å². The number of hydrogen-bond acceptors (Lipinski definition) is 8. The molecule has 1 aliphatic rings. The van der Waals surface area contributed by atoms with Gasteiger partial charge in [0.1, 0.15) is 17.8 Å². The van der Waals surface area contributed by atoms with E-state index < -0.39 is 17.8 Å². The Bertz CT molecular complexity index is 2010. The van der Waals surface area contributed by atoms with Gasteiger partial charge in [-0.2, -0.15) is 23.7 Å². The molecule has 2 aromatic heterocycles. The fourth-order valence-corrected chi connectivity index (χ4v) is 5.66. The van der Waals surface area contributed by atoms with Gasteiger partial charge in [0.15, 0.2) is 5.54 Å². The van der Waals surface area contributed by atoms with Crippen molar-refractivity contribution in [3.8, 4) is 12.1 Å². The van der Waals surface area contributed by atoms with Crippen LogP contribution in [0.5, 0.6) is 0 Å². The van der Waals surface area contributed by atoms with Crippen molar-refractivity contribution in [2.75, 3.05) is 24.2 Å². The highest BCUT2D eigenvalue weighted by Gasteiger charge is 2.66. The number of aliphatic imine (C=N–C) groups is 1. The van der Waals surface area contributed by atoms with Crippen molar-refractivity contribution in [2.45, 2.75) is 58.3 Å². The second kappa shape index (κ2) is 13.0. The number of alkyl halides is 3. The first kappa shape index (κ1) is 33.9. The summed E-state index contributed by atoms with van der Waals surface area (Å²) in [6.45, 7) is 12.6. The van der Waals surface area contributed by atoms with Crippen molar-refractivity contribution in [1.29, 1.82) is 10.5 Å². The first-order valence-corrected chi connectivity index (χ1v) is 15.4. The minimum absolute atomic E-state index is 0.0762. The molecule has 0 spiro atoms. The number of benzene rings is 2. The highest BCUT2D eigenvalue weighted by molar-refractivity contribution is 5.99. The SMILES string of the molecule is C=C/C(=C\C=NC)c1cccc([C@H](Nc2cc(C#N)c3ncc(C#N)c(NCC(C)(C)C)c3c2)c2cn(C3(C(F)(F)F)CC3)nn2)c1C. The Balaban J connectivity index is 1.70. The zero-order valence-electron chi connectivity index (χ0n) is 27.4. The summed E-state index contributed by atoms with van der Waals surface area (Å²) in [7, 11) is 1.66. The lowest BCUT2D eigenvalue weighted by Gasteiger charge is -2.24. The molecule has 1 atom stereocenters. The number of pyridine rings is 1. The van der Waals surface area contributed by atoms with Crippen molar-refractivity contribution in [2.24, 2.45) is 10.4 Å². The van der Waals surface area contributed by atoms with Gasteiger partial charge in [-0.05, 0) is 65.7 Å². The molecule has 0 saturated heterocycles. The van der Waals surface area contributed by atoms with Crippen LogP contribution in [0.25, 0.3) is 16.5 Å². The molecule has 1 aliphatic carbocycles. The Kier molecular flexibility index (Phi) is 9.14. The number of nitriles is 2. The van der Waals surface area contributed by atoms with Crippen LogP contribution in [-0.4, -0.2) is 46.0 Å². The van der Waals surface area contributed by atoms with Crippen LogP contribution in [0.15, 0.2) is 66.4 Å². The van der Waals surface area contributed by atoms with Crippen LogP contribution in [0.2, 0.25) is 0 Å². The Morgan fingerprint density at radius 2 is 1.90 bits per heavy atom. The second-order valence-electron chi connectivity index (χ2n) is 13.1. The maximum atomic E-state index is 14.1. The average molecular weight is 652 g/mol. The topological polar surface area (TPSA) is 128 Å². The van der Waals surface area contributed by atoms with Crippen LogP contribution in [0, 0.1) is 35.0 Å². The molecule has 2 aromatic carbocycles. The summed E-state index contributed by atoms with van der Waals surface area (Å²) in [6.07, 6.45) is 3.34. The van der Waals surface area contributed by atoms with E-state index in [2.05, 4.69) is 70.4 Å². The van der Waals surface area contributed by atoms with Crippen molar-refractivity contribution < 1.29 is 13.2 Å². The molecule has 9 nitrogen and oxygen atoms in total. The quantitative estimate of drug-likeness (QED) is 0.132. The molecule has 0 unspecified atom stereocenters. The molecular weight excluding hydrogens is 615 g/mol. The number of anilines is 2. The van der Waals surface area contributed by atoms with Crippen molar-refractivity contribution in [3.05, 3.63) is 95.0 Å². The Labute approximate surface area is 277 Å². The maximum absolute atomic E-state index is 14.1. The molecule has 2 N–H and O–H groups in total. The number of allylic oxidation sites excluding steroid dienone is 3. The van der Waals surface area contributed by atoms with Crippen molar-refractivity contribution >= 4 is 34.1 Å². The summed E-state index contributed by atoms with van der Waals surface area (Å²) in [4.78, 5) is 8.48. The van der Waals surface area contributed by atoms with Gasteiger partial charge in [-0.1, -0.05) is 56.8 Å². The summed E-state index contributed by atoms with van der Waals surface area (Å²) >= 11 is 0. The van der Waals surface area contributed by atoms with E-state index in [4.69, 9.17) is 0 Å². The number of rotatable bonds is 10. The maximum Gasteiger partial charge on any atom is 0.413 e. The molecule has 0 radical (unpaired) electrons. The third-order valence-corrected chi connectivity index (χ3v) is 8.44. The third kappa shape index (κ3) is 6.52. The normalized spacial score (nSPS) is 15.2. The van der Waals surface area contributed by atoms with E-state index >= 15 is 0 Å². The number of aromatic nitrogens is 4.